The van der Waals surface area contributed by atoms with Gasteiger partial charge in [0.1, 0.15) is 0 Å². The molecule has 0 aromatic heterocycles. The molecule has 0 fully saturated rings. The quantitative estimate of drug-likeness (QED) is 0.571. The summed E-state index contributed by atoms with van der Waals surface area (Å²) in [5.41, 5.74) is 2.26. The number of hydrogen-bond donors (Lipinski definition) is 2. The Morgan fingerprint density at radius 2 is 1.81 bits per heavy atom. The van der Waals surface area contributed by atoms with Crippen molar-refractivity contribution in [2.75, 3.05) is 26.8 Å². The molecule has 0 unspecified atom stereocenters. The Morgan fingerprint density at radius 3 is 2.48 bits per heavy atom. The predicted molar refractivity (Wildman–Crippen MR) is 114 cm³/mol. The minimum absolute atomic E-state index is 0. The van der Waals surface area contributed by atoms with E-state index in [0.29, 0.717) is 31.2 Å². The number of halogens is 2. The standard InChI is InChI=1S/C20H25BrN2O3.ClH/c1-3-25-18-11-16(13-22-2)17(21)12-19(18)26-14-20(24)23-10-9-15-7-5-4-6-8-15;/h4-8,11-12,22H,3,9-10,13-14H2,1-2H3,(H,23,24);1H. The first-order chi connectivity index (χ1) is 12.6. The van der Waals surface area contributed by atoms with Gasteiger partial charge in [-0.25, -0.2) is 0 Å². The summed E-state index contributed by atoms with van der Waals surface area (Å²) in [5, 5.41) is 5.98. The summed E-state index contributed by atoms with van der Waals surface area (Å²) >= 11 is 3.53. The summed E-state index contributed by atoms with van der Waals surface area (Å²) in [6.07, 6.45) is 0.793. The van der Waals surface area contributed by atoms with Crippen molar-refractivity contribution < 1.29 is 14.3 Å². The van der Waals surface area contributed by atoms with Crippen molar-refractivity contribution in [1.82, 2.24) is 10.6 Å². The molecule has 148 valence electrons. The third kappa shape index (κ3) is 7.79. The Labute approximate surface area is 175 Å². The van der Waals surface area contributed by atoms with Gasteiger partial charge in [0.05, 0.1) is 6.61 Å². The molecule has 0 aliphatic heterocycles. The lowest BCUT2D eigenvalue weighted by molar-refractivity contribution is -0.123. The van der Waals surface area contributed by atoms with E-state index in [1.54, 1.807) is 0 Å². The average Bonchev–Trinajstić information content (AvgIpc) is 2.64. The first-order valence-electron chi connectivity index (χ1n) is 8.67. The van der Waals surface area contributed by atoms with Gasteiger partial charge in [0, 0.05) is 17.6 Å². The van der Waals surface area contributed by atoms with Crippen LogP contribution in [0.1, 0.15) is 18.1 Å². The van der Waals surface area contributed by atoms with Crippen molar-refractivity contribution in [3.8, 4) is 11.5 Å². The predicted octanol–water partition coefficient (Wildman–Crippen LogP) is 3.73. The normalized spacial score (nSPS) is 10.0. The number of hydrogen-bond acceptors (Lipinski definition) is 4. The van der Waals surface area contributed by atoms with E-state index in [1.807, 2.05) is 56.4 Å². The van der Waals surface area contributed by atoms with Gasteiger partial charge in [-0.2, -0.15) is 0 Å². The van der Waals surface area contributed by atoms with Crippen molar-refractivity contribution >= 4 is 34.2 Å². The number of rotatable bonds is 10. The largest absolute Gasteiger partial charge is 0.490 e. The molecule has 0 spiro atoms. The molecule has 0 saturated heterocycles. The molecule has 0 atom stereocenters. The highest BCUT2D eigenvalue weighted by molar-refractivity contribution is 9.10. The van der Waals surface area contributed by atoms with E-state index < -0.39 is 0 Å². The van der Waals surface area contributed by atoms with Crippen LogP contribution in [0.4, 0.5) is 0 Å². The zero-order chi connectivity index (χ0) is 18.8. The van der Waals surface area contributed by atoms with Crippen LogP contribution in [0.3, 0.4) is 0 Å². The van der Waals surface area contributed by atoms with Gasteiger partial charge in [-0.15, -0.1) is 12.4 Å². The maximum absolute atomic E-state index is 12.0. The number of carbonyl (C=O) groups excluding carboxylic acids is 1. The van der Waals surface area contributed by atoms with Crippen LogP contribution in [0.25, 0.3) is 0 Å². The number of benzene rings is 2. The molecule has 7 heteroatoms. The summed E-state index contributed by atoms with van der Waals surface area (Å²) in [6.45, 7) is 3.68. The highest BCUT2D eigenvalue weighted by atomic mass is 79.9. The molecule has 1 amide bonds. The zero-order valence-corrected chi connectivity index (χ0v) is 18.0. The Kier molecular flexibility index (Phi) is 10.9. The van der Waals surface area contributed by atoms with Crippen LogP contribution in [0.2, 0.25) is 0 Å². The molecule has 0 heterocycles. The Hall–Kier alpha value is -1.76. The highest BCUT2D eigenvalue weighted by Crippen LogP contribution is 2.33. The Bertz CT molecular complexity index is 714. The molecule has 2 N–H and O–H groups in total. The molecule has 2 rings (SSSR count). The van der Waals surface area contributed by atoms with Crippen molar-refractivity contribution in [2.45, 2.75) is 19.9 Å². The maximum Gasteiger partial charge on any atom is 0.257 e. The van der Waals surface area contributed by atoms with E-state index in [4.69, 9.17) is 9.47 Å². The van der Waals surface area contributed by atoms with Gasteiger partial charge < -0.3 is 20.1 Å². The molecule has 0 aliphatic carbocycles. The maximum atomic E-state index is 12.0. The van der Waals surface area contributed by atoms with Crippen LogP contribution in [0.5, 0.6) is 11.5 Å². The second-order valence-corrected chi connectivity index (χ2v) is 6.58. The van der Waals surface area contributed by atoms with Gasteiger partial charge in [0.2, 0.25) is 0 Å². The summed E-state index contributed by atoms with van der Waals surface area (Å²) in [7, 11) is 1.89. The molecular weight excluding hydrogens is 432 g/mol. The minimum atomic E-state index is -0.154. The van der Waals surface area contributed by atoms with Gasteiger partial charge in [-0.1, -0.05) is 46.3 Å². The van der Waals surface area contributed by atoms with E-state index in [1.165, 1.54) is 5.56 Å². The molecule has 5 nitrogen and oxygen atoms in total. The summed E-state index contributed by atoms with van der Waals surface area (Å²) in [4.78, 5) is 12.0. The van der Waals surface area contributed by atoms with Gasteiger partial charge in [0.25, 0.3) is 5.91 Å². The van der Waals surface area contributed by atoms with Crippen LogP contribution in [0.15, 0.2) is 46.9 Å². The first-order valence-corrected chi connectivity index (χ1v) is 9.46. The summed E-state index contributed by atoms with van der Waals surface area (Å²) in [6, 6.07) is 13.8. The number of carbonyl (C=O) groups is 1. The van der Waals surface area contributed by atoms with Crippen molar-refractivity contribution in [3.05, 3.63) is 58.1 Å². The fourth-order valence-corrected chi connectivity index (χ4v) is 2.93. The lowest BCUT2D eigenvalue weighted by Crippen LogP contribution is -2.30. The lowest BCUT2D eigenvalue weighted by Gasteiger charge is -2.15. The summed E-state index contributed by atoms with van der Waals surface area (Å²) < 4.78 is 12.2. The molecule has 2 aromatic rings. The number of ether oxygens (including phenoxy) is 2. The lowest BCUT2D eigenvalue weighted by atomic mass is 10.1. The second kappa shape index (κ2) is 12.6. The average molecular weight is 458 g/mol. The molecule has 2 aromatic carbocycles. The highest BCUT2D eigenvalue weighted by Gasteiger charge is 2.12. The van der Waals surface area contributed by atoms with Gasteiger partial charge in [-0.3, -0.25) is 4.79 Å². The fraction of sp³-hybridized carbons (Fsp3) is 0.350. The minimum Gasteiger partial charge on any atom is -0.490 e. The fourth-order valence-electron chi connectivity index (χ4n) is 2.47. The first kappa shape index (κ1) is 23.3. The van der Waals surface area contributed by atoms with Gasteiger partial charge in [0.15, 0.2) is 18.1 Å². The molecule has 0 radical (unpaired) electrons. The zero-order valence-electron chi connectivity index (χ0n) is 15.6. The summed E-state index contributed by atoms with van der Waals surface area (Å²) in [5.74, 6) is 1.04. The monoisotopic (exact) mass is 456 g/mol. The molecule has 0 bridgehead atoms. The third-order valence-electron chi connectivity index (χ3n) is 3.72. The van der Waals surface area contributed by atoms with Crippen LogP contribution < -0.4 is 20.1 Å². The molecule has 0 aliphatic rings. The van der Waals surface area contributed by atoms with Crippen molar-refractivity contribution in [3.63, 3.8) is 0 Å². The van der Waals surface area contributed by atoms with E-state index in [2.05, 4.69) is 26.6 Å². The van der Waals surface area contributed by atoms with Crippen LogP contribution >= 0.6 is 28.3 Å². The van der Waals surface area contributed by atoms with E-state index >= 15 is 0 Å². The smallest absolute Gasteiger partial charge is 0.257 e. The Balaban J connectivity index is 0.00000364. The second-order valence-electron chi connectivity index (χ2n) is 5.73. The topological polar surface area (TPSA) is 59.6 Å². The molecular formula is C20H26BrClN2O3. The van der Waals surface area contributed by atoms with Crippen LogP contribution in [0, 0.1) is 0 Å². The SMILES string of the molecule is CCOc1cc(CNC)c(Br)cc1OCC(=O)NCCc1ccccc1.Cl. The molecule has 27 heavy (non-hydrogen) atoms. The van der Waals surface area contributed by atoms with Crippen molar-refractivity contribution in [1.29, 1.82) is 0 Å². The van der Waals surface area contributed by atoms with Crippen molar-refractivity contribution in [2.24, 2.45) is 0 Å². The third-order valence-corrected chi connectivity index (χ3v) is 4.46. The van der Waals surface area contributed by atoms with Crippen LogP contribution in [-0.2, 0) is 17.8 Å². The molecule has 0 saturated carbocycles. The van der Waals surface area contributed by atoms with E-state index in [0.717, 1.165) is 16.5 Å². The van der Waals surface area contributed by atoms with Gasteiger partial charge in [-0.05, 0) is 43.7 Å². The van der Waals surface area contributed by atoms with E-state index in [-0.39, 0.29) is 24.9 Å². The van der Waals surface area contributed by atoms with E-state index in [9.17, 15) is 4.79 Å². The van der Waals surface area contributed by atoms with Crippen LogP contribution in [-0.4, -0.2) is 32.7 Å². The number of amides is 1. The van der Waals surface area contributed by atoms with Gasteiger partial charge >= 0.3 is 0 Å². The number of nitrogens with one attached hydrogen (secondary N) is 2. The Morgan fingerprint density at radius 1 is 1.11 bits per heavy atom.